The lowest BCUT2D eigenvalue weighted by Gasteiger charge is -2.22. The van der Waals surface area contributed by atoms with Gasteiger partial charge < -0.3 is 20.4 Å². The van der Waals surface area contributed by atoms with E-state index in [0.29, 0.717) is 44.5 Å². The normalized spacial score (nSPS) is 13.3. The van der Waals surface area contributed by atoms with E-state index in [1.54, 1.807) is 18.2 Å². The molecule has 0 aromatic heterocycles. The molecular formula is C49H56N4O6S. The standard InChI is InChI=1S/C49H56N4O6S/c1-25(2)31(9)48(54)52-46-29(7)21-27(5)44(33(46)11)50-35-17-19-37-40(23-35)59-41-24-36(18-20-38(41)43(37)39-15-13-14-16-42(39)60(56,57)58)51-45-28(6)22-30(8)47(34(45)12)53-49(55)32(10)26(3)4/h13-26,31-32,50H,1-12H3,(H,52,54)(H,53,55)(H,56,57,58). The first-order valence-corrected chi connectivity index (χ1v) is 21.8. The van der Waals surface area contributed by atoms with Gasteiger partial charge in [-0.05, 0) is 117 Å². The molecule has 2 aliphatic rings. The Morgan fingerprint density at radius 1 is 0.650 bits per heavy atom. The van der Waals surface area contributed by atoms with Gasteiger partial charge in [0.1, 0.15) is 16.2 Å². The number of carbonyl (C=O) groups excluding carboxylic acids is 2. The highest BCUT2D eigenvalue weighted by atomic mass is 32.2. The zero-order valence-electron chi connectivity index (χ0n) is 36.6. The van der Waals surface area contributed by atoms with E-state index in [9.17, 15) is 22.6 Å². The van der Waals surface area contributed by atoms with Gasteiger partial charge in [-0.25, -0.2) is 4.99 Å². The molecule has 0 saturated heterocycles. The molecule has 6 rings (SSSR count). The monoisotopic (exact) mass is 828 g/mol. The molecule has 2 atom stereocenters. The number of carbonyl (C=O) groups is 2. The van der Waals surface area contributed by atoms with E-state index in [4.69, 9.17) is 9.41 Å². The topological polar surface area (TPSA) is 150 Å². The lowest BCUT2D eigenvalue weighted by Crippen LogP contribution is -2.25. The Labute approximate surface area is 353 Å². The molecule has 0 bridgehead atoms. The van der Waals surface area contributed by atoms with Crippen molar-refractivity contribution in [3.05, 3.63) is 112 Å². The molecule has 1 heterocycles. The van der Waals surface area contributed by atoms with E-state index >= 15 is 0 Å². The Kier molecular flexibility index (Phi) is 12.5. The third kappa shape index (κ3) is 8.74. The third-order valence-electron chi connectivity index (χ3n) is 11.9. The van der Waals surface area contributed by atoms with E-state index in [1.807, 2.05) is 132 Å². The molecule has 4 aromatic carbocycles. The Balaban J connectivity index is 1.53. The zero-order valence-corrected chi connectivity index (χ0v) is 37.4. The van der Waals surface area contributed by atoms with Gasteiger partial charge in [-0.1, -0.05) is 71.9 Å². The second-order valence-electron chi connectivity index (χ2n) is 16.9. The smallest absolute Gasteiger partial charge is 0.295 e. The van der Waals surface area contributed by atoms with Crippen LogP contribution in [0, 0.1) is 65.2 Å². The average molecular weight is 829 g/mol. The zero-order chi connectivity index (χ0) is 44.0. The van der Waals surface area contributed by atoms with Crippen molar-refractivity contribution in [2.75, 3.05) is 16.0 Å². The highest BCUT2D eigenvalue weighted by molar-refractivity contribution is 7.86. The predicted octanol–water partition coefficient (Wildman–Crippen LogP) is 11.7. The van der Waals surface area contributed by atoms with E-state index in [2.05, 4.69) is 16.0 Å². The maximum Gasteiger partial charge on any atom is 0.295 e. The Morgan fingerprint density at radius 3 is 1.82 bits per heavy atom. The molecule has 4 aromatic rings. The van der Waals surface area contributed by atoms with Crippen molar-refractivity contribution >= 4 is 61.3 Å². The van der Waals surface area contributed by atoms with Crippen LogP contribution in [-0.4, -0.2) is 24.8 Å². The van der Waals surface area contributed by atoms with Gasteiger partial charge in [-0.15, -0.1) is 0 Å². The van der Waals surface area contributed by atoms with Gasteiger partial charge in [-0.2, -0.15) is 8.42 Å². The number of anilines is 4. The van der Waals surface area contributed by atoms with Crippen molar-refractivity contribution in [2.24, 2.45) is 28.7 Å². The molecular weight excluding hydrogens is 773 g/mol. The molecule has 1 aliphatic carbocycles. The van der Waals surface area contributed by atoms with Gasteiger partial charge in [0.25, 0.3) is 10.1 Å². The summed E-state index contributed by atoms with van der Waals surface area (Å²) in [6, 6.07) is 21.5. The van der Waals surface area contributed by atoms with Crippen molar-refractivity contribution in [2.45, 2.75) is 88.0 Å². The minimum atomic E-state index is -4.61. The van der Waals surface area contributed by atoms with Crippen LogP contribution >= 0.6 is 0 Å². The highest BCUT2D eigenvalue weighted by Crippen LogP contribution is 2.44. The first-order valence-electron chi connectivity index (χ1n) is 20.4. The SMILES string of the molecule is Cc1cc(C)c(NC(=O)C(C)C(C)C)c(C)c1N=c1ccc2c(-c3ccccc3S(=O)(=O)O)c3ccc(Nc4c(C)cc(C)c(NC(=O)C(C)C(C)C)c4C)cc3oc-2c1. The van der Waals surface area contributed by atoms with E-state index in [1.165, 1.54) is 6.07 Å². The molecule has 11 heteroatoms. The number of aryl methyl sites for hydroxylation is 4. The molecule has 0 saturated carbocycles. The fraction of sp³-hybridized carbons (Fsp3) is 0.327. The number of amides is 2. The maximum absolute atomic E-state index is 13.2. The van der Waals surface area contributed by atoms with E-state index in [0.717, 1.165) is 56.1 Å². The quantitative estimate of drug-likeness (QED) is 0.0750. The summed E-state index contributed by atoms with van der Waals surface area (Å²) < 4.78 is 42.6. The van der Waals surface area contributed by atoms with Gasteiger partial charge in [0, 0.05) is 68.8 Å². The summed E-state index contributed by atoms with van der Waals surface area (Å²) in [6.45, 7) is 23.8. The summed E-state index contributed by atoms with van der Waals surface area (Å²) >= 11 is 0. The van der Waals surface area contributed by atoms with Crippen molar-refractivity contribution in [1.82, 2.24) is 0 Å². The van der Waals surface area contributed by atoms with Crippen LogP contribution in [0.25, 0.3) is 33.4 Å². The molecule has 0 spiro atoms. The molecule has 4 N–H and O–H groups in total. The van der Waals surface area contributed by atoms with Crippen molar-refractivity contribution in [3.63, 3.8) is 0 Å². The molecule has 0 fully saturated rings. The third-order valence-corrected chi connectivity index (χ3v) is 12.8. The van der Waals surface area contributed by atoms with Gasteiger partial charge in [0.2, 0.25) is 11.8 Å². The van der Waals surface area contributed by atoms with Crippen LogP contribution in [0.5, 0.6) is 0 Å². The molecule has 0 radical (unpaired) electrons. The van der Waals surface area contributed by atoms with Gasteiger partial charge in [0.05, 0.1) is 11.0 Å². The van der Waals surface area contributed by atoms with Crippen molar-refractivity contribution in [3.8, 4) is 22.5 Å². The number of hydrogen-bond donors (Lipinski definition) is 4. The Bertz CT molecular complexity index is 2820. The summed E-state index contributed by atoms with van der Waals surface area (Å²) in [4.78, 5) is 31.1. The van der Waals surface area contributed by atoms with E-state index < -0.39 is 10.1 Å². The minimum absolute atomic E-state index is 0.0395. The number of fused-ring (bicyclic) bond motifs is 2. The summed E-state index contributed by atoms with van der Waals surface area (Å²) in [5.74, 6) is 0.376. The maximum atomic E-state index is 13.2. The molecule has 314 valence electrons. The van der Waals surface area contributed by atoms with E-state index in [-0.39, 0.29) is 40.4 Å². The van der Waals surface area contributed by atoms with Crippen LogP contribution in [0.1, 0.15) is 74.9 Å². The number of nitrogens with one attached hydrogen (secondary N) is 3. The van der Waals surface area contributed by atoms with Crippen LogP contribution in [0.4, 0.5) is 28.4 Å². The van der Waals surface area contributed by atoms with Crippen LogP contribution in [0.3, 0.4) is 0 Å². The minimum Gasteiger partial charge on any atom is -0.456 e. The Hall–Kier alpha value is -5.78. The molecule has 2 unspecified atom stereocenters. The first kappa shape index (κ1) is 43.8. The summed E-state index contributed by atoms with van der Waals surface area (Å²) in [7, 11) is -4.61. The van der Waals surface area contributed by atoms with Crippen LogP contribution in [-0.2, 0) is 19.7 Å². The second kappa shape index (κ2) is 17.1. The fourth-order valence-electron chi connectivity index (χ4n) is 7.68. The van der Waals surface area contributed by atoms with Gasteiger partial charge in [0.15, 0.2) is 0 Å². The predicted molar refractivity (Wildman–Crippen MR) is 243 cm³/mol. The molecule has 1 aliphatic heterocycles. The van der Waals surface area contributed by atoms with Crippen molar-refractivity contribution in [1.29, 1.82) is 0 Å². The van der Waals surface area contributed by atoms with Crippen LogP contribution < -0.4 is 21.3 Å². The van der Waals surface area contributed by atoms with Crippen LogP contribution in [0.2, 0.25) is 0 Å². The van der Waals surface area contributed by atoms with Crippen LogP contribution in [0.15, 0.2) is 87.1 Å². The lowest BCUT2D eigenvalue weighted by atomic mass is 9.93. The number of benzene rings is 5. The van der Waals surface area contributed by atoms with Gasteiger partial charge >= 0.3 is 0 Å². The Morgan fingerprint density at radius 2 is 1.22 bits per heavy atom. The molecule has 2 amide bonds. The number of rotatable bonds is 11. The number of hydrogen-bond acceptors (Lipinski definition) is 7. The largest absolute Gasteiger partial charge is 0.456 e. The fourth-order valence-corrected chi connectivity index (χ4v) is 8.38. The number of nitrogens with zero attached hydrogens (tertiary/aromatic N) is 1. The highest BCUT2D eigenvalue weighted by Gasteiger charge is 2.25. The summed E-state index contributed by atoms with van der Waals surface area (Å²) in [5.41, 5.74) is 11.3. The second-order valence-corrected chi connectivity index (χ2v) is 18.3. The average Bonchev–Trinajstić information content (AvgIpc) is 3.18. The first-order chi connectivity index (χ1) is 28.2. The van der Waals surface area contributed by atoms with Crippen molar-refractivity contribution < 1.29 is 27.0 Å². The summed E-state index contributed by atoms with van der Waals surface area (Å²) in [6.07, 6.45) is 0. The lowest BCUT2D eigenvalue weighted by molar-refractivity contribution is -0.121. The summed E-state index contributed by atoms with van der Waals surface area (Å²) in [5, 5.41) is 11.1. The van der Waals surface area contributed by atoms with Gasteiger partial charge in [-0.3, -0.25) is 14.1 Å². The molecule has 10 nitrogen and oxygen atoms in total. The molecule has 60 heavy (non-hydrogen) atoms.